The van der Waals surface area contributed by atoms with Crippen LogP contribution in [0.2, 0.25) is 0 Å². The van der Waals surface area contributed by atoms with E-state index >= 15 is 0 Å². The fourth-order valence-electron chi connectivity index (χ4n) is 4.65. The van der Waals surface area contributed by atoms with Crippen LogP contribution in [0.5, 0.6) is 0 Å². The normalized spacial score (nSPS) is 21.0. The summed E-state index contributed by atoms with van der Waals surface area (Å²) in [5.41, 5.74) is 2.51. The van der Waals surface area contributed by atoms with Crippen LogP contribution in [0, 0.1) is 17.6 Å². The standard InChI is InChI=1S/C24H31F2NO.ClH/c1-17(2)23-22-10-9-21(26)16-19(22)11-12-24(23,28)13-15-27-14-3-4-18-5-7-20(25)8-6-18;/h5-10,16-17,23,27-28H,3-4,11-15H2,1-2H3;1H. The predicted octanol–water partition coefficient (Wildman–Crippen LogP) is 5.42. The Morgan fingerprint density at radius 1 is 1.07 bits per heavy atom. The zero-order chi connectivity index (χ0) is 20.1. The number of halogens is 3. The fraction of sp³-hybridized carbons (Fsp3) is 0.500. The molecule has 0 radical (unpaired) electrons. The van der Waals surface area contributed by atoms with Crippen molar-refractivity contribution >= 4 is 12.4 Å². The molecule has 0 aliphatic heterocycles. The van der Waals surface area contributed by atoms with Crippen molar-refractivity contribution in [1.29, 1.82) is 0 Å². The molecule has 2 atom stereocenters. The number of fused-ring (bicyclic) bond motifs is 1. The van der Waals surface area contributed by atoms with Gasteiger partial charge in [-0.1, -0.05) is 32.0 Å². The second kappa shape index (κ2) is 10.5. The highest BCUT2D eigenvalue weighted by Crippen LogP contribution is 2.45. The first-order valence-electron chi connectivity index (χ1n) is 10.3. The number of nitrogens with one attached hydrogen (secondary N) is 1. The van der Waals surface area contributed by atoms with Crippen LogP contribution in [0.15, 0.2) is 42.5 Å². The summed E-state index contributed by atoms with van der Waals surface area (Å²) in [7, 11) is 0. The number of aliphatic hydroxyl groups is 1. The van der Waals surface area contributed by atoms with Gasteiger partial charge in [0.1, 0.15) is 11.6 Å². The summed E-state index contributed by atoms with van der Waals surface area (Å²) in [6.45, 7) is 5.87. The second-order valence-corrected chi connectivity index (χ2v) is 8.40. The predicted molar refractivity (Wildman–Crippen MR) is 117 cm³/mol. The fourth-order valence-corrected chi connectivity index (χ4v) is 4.65. The minimum Gasteiger partial charge on any atom is -0.389 e. The molecule has 0 fully saturated rings. The van der Waals surface area contributed by atoms with Crippen LogP contribution in [-0.2, 0) is 12.8 Å². The molecule has 0 bridgehead atoms. The van der Waals surface area contributed by atoms with Crippen molar-refractivity contribution in [3.8, 4) is 0 Å². The van der Waals surface area contributed by atoms with Gasteiger partial charge in [0.2, 0.25) is 0 Å². The van der Waals surface area contributed by atoms with Crippen LogP contribution >= 0.6 is 12.4 Å². The summed E-state index contributed by atoms with van der Waals surface area (Å²) in [6, 6.07) is 11.6. The molecule has 0 aromatic heterocycles. The van der Waals surface area contributed by atoms with Crippen LogP contribution in [0.4, 0.5) is 8.78 Å². The molecule has 0 saturated heterocycles. The van der Waals surface area contributed by atoms with E-state index in [-0.39, 0.29) is 35.9 Å². The molecule has 0 heterocycles. The smallest absolute Gasteiger partial charge is 0.123 e. The lowest BCUT2D eigenvalue weighted by Gasteiger charge is -2.44. The first kappa shape index (κ1) is 23.8. The zero-order valence-corrected chi connectivity index (χ0v) is 18.1. The first-order chi connectivity index (χ1) is 13.4. The molecule has 2 N–H and O–H groups in total. The molecule has 1 aliphatic rings. The Morgan fingerprint density at radius 3 is 2.45 bits per heavy atom. The van der Waals surface area contributed by atoms with Crippen molar-refractivity contribution in [2.24, 2.45) is 5.92 Å². The average molecular weight is 424 g/mol. The molecule has 0 amide bonds. The minimum absolute atomic E-state index is 0. The molecule has 29 heavy (non-hydrogen) atoms. The van der Waals surface area contributed by atoms with Crippen molar-refractivity contribution < 1.29 is 13.9 Å². The monoisotopic (exact) mass is 423 g/mol. The molecular weight excluding hydrogens is 392 g/mol. The average Bonchev–Trinajstić information content (AvgIpc) is 2.66. The van der Waals surface area contributed by atoms with Crippen LogP contribution < -0.4 is 5.32 Å². The summed E-state index contributed by atoms with van der Waals surface area (Å²) in [6.07, 6.45) is 3.95. The van der Waals surface area contributed by atoms with Crippen LogP contribution in [0.3, 0.4) is 0 Å². The third-order valence-corrected chi connectivity index (χ3v) is 5.98. The van der Waals surface area contributed by atoms with Gasteiger partial charge in [-0.3, -0.25) is 0 Å². The second-order valence-electron chi connectivity index (χ2n) is 8.40. The molecule has 0 spiro atoms. The summed E-state index contributed by atoms with van der Waals surface area (Å²) < 4.78 is 26.5. The van der Waals surface area contributed by atoms with Crippen molar-refractivity contribution in [2.45, 2.75) is 57.5 Å². The highest BCUT2D eigenvalue weighted by Gasteiger charge is 2.42. The number of hydrogen-bond acceptors (Lipinski definition) is 2. The number of rotatable bonds is 8. The number of benzene rings is 2. The lowest BCUT2D eigenvalue weighted by atomic mass is 9.66. The van der Waals surface area contributed by atoms with Gasteiger partial charge in [0, 0.05) is 5.92 Å². The molecule has 2 aromatic rings. The van der Waals surface area contributed by atoms with Gasteiger partial charge < -0.3 is 10.4 Å². The SMILES string of the molecule is CC(C)C1c2ccc(F)cc2CCC1(O)CCNCCCc1ccc(F)cc1.Cl. The summed E-state index contributed by atoms with van der Waals surface area (Å²) in [5.74, 6) is -0.0908. The molecule has 0 saturated carbocycles. The van der Waals surface area contributed by atoms with Gasteiger partial charge in [-0.05, 0) is 92.1 Å². The van der Waals surface area contributed by atoms with Crippen molar-refractivity contribution in [2.75, 3.05) is 13.1 Å². The molecule has 2 aromatic carbocycles. The van der Waals surface area contributed by atoms with E-state index in [0.717, 1.165) is 49.0 Å². The minimum atomic E-state index is -0.761. The third-order valence-electron chi connectivity index (χ3n) is 5.98. The Kier molecular flexibility index (Phi) is 8.62. The van der Waals surface area contributed by atoms with Gasteiger partial charge in [-0.2, -0.15) is 0 Å². The van der Waals surface area contributed by atoms with E-state index in [4.69, 9.17) is 0 Å². The molecule has 1 aliphatic carbocycles. The van der Waals surface area contributed by atoms with E-state index in [1.807, 2.05) is 18.2 Å². The quantitative estimate of drug-likeness (QED) is 0.556. The molecule has 2 unspecified atom stereocenters. The van der Waals surface area contributed by atoms with E-state index in [2.05, 4.69) is 19.2 Å². The molecular formula is C24H32ClF2NO. The Balaban J connectivity index is 0.00000300. The Labute approximate surface area is 179 Å². The zero-order valence-electron chi connectivity index (χ0n) is 17.3. The van der Waals surface area contributed by atoms with Gasteiger partial charge in [-0.15, -0.1) is 12.4 Å². The van der Waals surface area contributed by atoms with E-state index in [0.29, 0.717) is 12.8 Å². The van der Waals surface area contributed by atoms with Crippen molar-refractivity contribution in [1.82, 2.24) is 5.32 Å². The highest BCUT2D eigenvalue weighted by atomic mass is 35.5. The largest absolute Gasteiger partial charge is 0.389 e. The van der Waals surface area contributed by atoms with Crippen LogP contribution in [-0.4, -0.2) is 23.8 Å². The van der Waals surface area contributed by atoms with E-state index < -0.39 is 5.60 Å². The topological polar surface area (TPSA) is 32.3 Å². The lowest BCUT2D eigenvalue weighted by molar-refractivity contribution is -0.0241. The lowest BCUT2D eigenvalue weighted by Crippen LogP contribution is -2.45. The van der Waals surface area contributed by atoms with Gasteiger partial charge in [-0.25, -0.2) is 8.78 Å². The number of aryl methyl sites for hydroxylation is 2. The Bertz CT molecular complexity index is 781. The molecule has 2 nitrogen and oxygen atoms in total. The van der Waals surface area contributed by atoms with E-state index in [1.54, 1.807) is 6.07 Å². The van der Waals surface area contributed by atoms with Crippen LogP contribution in [0.25, 0.3) is 0 Å². The third kappa shape index (κ3) is 6.00. The Hall–Kier alpha value is -1.49. The Morgan fingerprint density at radius 2 is 1.76 bits per heavy atom. The summed E-state index contributed by atoms with van der Waals surface area (Å²) in [4.78, 5) is 0. The molecule has 3 rings (SSSR count). The highest BCUT2D eigenvalue weighted by molar-refractivity contribution is 5.85. The molecule has 5 heteroatoms. The summed E-state index contributed by atoms with van der Waals surface area (Å²) in [5, 5.41) is 14.8. The van der Waals surface area contributed by atoms with Gasteiger partial charge in [0.15, 0.2) is 0 Å². The van der Waals surface area contributed by atoms with E-state index in [9.17, 15) is 13.9 Å². The summed E-state index contributed by atoms with van der Waals surface area (Å²) >= 11 is 0. The maximum absolute atomic E-state index is 13.6. The van der Waals surface area contributed by atoms with Gasteiger partial charge in [0.25, 0.3) is 0 Å². The maximum Gasteiger partial charge on any atom is 0.123 e. The van der Waals surface area contributed by atoms with Crippen LogP contribution in [0.1, 0.15) is 55.7 Å². The van der Waals surface area contributed by atoms with Gasteiger partial charge in [0.05, 0.1) is 5.60 Å². The van der Waals surface area contributed by atoms with Gasteiger partial charge >= 0.3 is 0 Å². The van der Waals surface area contributed by atoms with Crippen molar-refractivity contribution in [3.05, 3.63) is 70.8 Å². The maximum atomic E-state index is 13.6. The van der Waals surface area contributed by atoms with Crippen molar-refractivity contribution in [3.63, 3.8) is 0 Å². The first-order valence-corrected chi connectivity index (χ1v) is 10.3. The molecule has 160 valence electrons. The van der Waals surface area contributed by atoms with E-state index in [1.165, 1.54) is 18.2 Å². The number of hydrogen-bond donors (Lipinski definition) is 2.